The van der Waals surface area contributed by atoms with E-state index >= 15 is 0 Å². The summed E-state index contributed by atoms with van der Waals surface area (Å²) in [6.45, 7) is 0.753. The summed E-state index contributed by atoms with van der Waals surface area (Å²) in [6.07, 6.45) is -1.26. The molecule has 0 aromatic rings. The number of amides is 2. The SMILES string of the molecule is CCCCCCCCCCCCC/C=C/[C@@H](O)[C@H](CO[C@@H]1OC(CO)[C@@H](O[C@@H]2OC(CO)[C@H](O[C@@H]3OC(CO)[C@H](O)[C@H](O)C3O)[C@H](O[C@]3(C(=O)O)CC(O)[C@@H](NC(C)=O)C([C@H](O)[C@H](O)CO)O3)C2O)[C@H](O)C1O)NC(=O)CCCCCCCCCCCCCCCCCCCCC. The van der Waals surface area contributed by atoms with Gasteiger partial charge >= 0.3 is 5.97 Å². The Hall–Kier alpha value is -2.73. The van der Waals surface area contributed by atoms with E-state index in [0.29, 0.717) is 12.8 Å². The van der Waals surface area contributed by atoms with E-state index < -0.39 is 192 Å². The van der Waals surface area contributed by atoms with E-state index in [0.717, 1.165) is 58.3 Å². The zero-order chi connectivity index (χ0) is 71.3. The Morgan fingerprint density at radius 3 is 1.46 bits per heavy atom. The van der Waals surface area contributed by atoms with Crippen molar-refractivity contribution in [2.45, 2.75) is 373 Å². The number of carbonyl (C=O) groups excluding carboxylic acids is 2. The van der Waals surface area contributed by atoms with Gasteiger partial charge in [0.15, 0.2) is 18.9 Å². The van der Waals surface area contributed by atoms with Gasteiger partial charge < -0.3 is 125 Å². The Labute approximate surface area is 573 Å². The van der Waals surface area contributed by atoms with E-state index in [1.54, 1.807) is 6.08 Å². The normalized spacial score (nSPS) is 32.2. The highest BCUT2D eigenvalue weighted by Crippen LogP contribution is 2.40. The van der Waals surface area contributed by atoms with Crippen molar-refractivity contribution in [3.05, 3.63) is 12.2 Å². The number of aliphatic carboxylic acids is 1. The smallest absolute Gasteiger partial charge is 0.364 e. The number of hydrogen-bond donors (Lipinski definition) is 17. The van der Waals surface area contributed by atoms with Gasteiger partial charge in [-0.15, -0.1) is 0 Å². The van der Waals surface area contributed by atoms with E-state index in [4.69, 9.17) is 37.9 Å². The van der Waals surface area contributed by atoms with Crippen LogP contribution in [0.3, 0.4) is 0 Å². The molecule has 28 nitrogen and oxygen atoms in total. The molecule has 4 rings (SSSR count). The second kappa shape index (κ2) is 48.3. The molecular weight excluding hydrogens is 1270 g/mol. The predicted octanol–water partition coefficient (Wildman–Crippen LogP) is 2.55. The van der Waals surface area contributed by atoms with Crippen LogP contribution in [0, 0.1) is 0 Å². The fraction of sp³-hybridized carbons (Fsp3) is 0.928. The van der Waals surface area contributed by atoms with Crippen LogP contribution in [0.15, 0.2) is 12.2 Å². The number of nitrogens with one attached hydrogen (secondary N) is 2. The number of aliphatic hydroxyl groups is 14. The molecule has 0 saturated carbocycles. The zero-order valence-electron chi connectivity index (χ0n) is 57.9. The third-order valence-electron chi connectivity index (χ3n) is 19.1. The summed E-state index contributed by atoms with van der Waals surface area (Å²) in [4.78, 5) is 39.3. The van der Waals surface area contributed by atoms with Gasteiger partial charge in [0, 0.05) is 19.8 Å². The number of rotatable bonds is 52. The van der Waals surface area contributed by atoms with Gasteiger partial charge in [-0.05, 0) is 19.3 Å². The summed E-state index contributed by atoms with van der Waals surface area (Å²) < 4.78 is 47.2. The van der Waals surface area contributed by atoms with Gasteiger partial charge in [-0.25, -0.2) is 4.79 Å². The van der Waals surface area contributed by atoms with Crippen LogP contribution < -0.4 is 10.6 Å². The second-order valence-electron chi connectivity index (χ2n) is 27.1. The molecule has 4 fully saturated rings. The van der Waals surface area contributed by atoms with E-state index in [1.165, 1.54) is 135 Å². The van der Waals surface area contributed by atoms with Gasteiger partial charge in [0.25, 0.3) is 5.79 Å². The summed E-state index contributed by atoms with van der Waals surface area (Å²) >= 11 is 0. The molecule has 0 radical (unpaired) electrons. The van der Waals surface area contributed by atoms with Crippen LogP contribution in [0.25, 0.3) is 0 Å². The van der Waals surface area contributed by atoms with Crippen molar-refractivity contribution in [1.29, 1.82) is 0 Å². The van der Waals surface area contributed by atoms with E-state index in [-0.39, 0.29) is 12.3 Å². The van der Waals surface area contributed by atoms with Crippen molar-refractivity contribution in [3.8, 4) is 0 Å². The molecule has 0 spiro atoms. The maximum Gasteiger partial charge on any atom is 0.364 e. The lowest BCUT2D eigenvalue weighted by atomic mass is 9.88. The fourth-order valence-corrected chi connectivity index (χ4v) is 13.1. The van der Waals surface area contributed by atoms with E-state index in [1.807, 2.05) is 6.08 Å². The van der Waals surface area contributed by atoms with Gasteiger partial charge in [0.1, 0.15) is 91.6 Å². The van der Waals surface area contributed by atoms with Crippen molar-refractivity contribution in [2.24, 2.45) is 0 Å². The molecule has 0 bridgehead atoms. The minimum Gasteiger partial charge on any atom is -0.477 e. The predicted molar refractivity (Wildman–Crippen MR) is 353 cm³/mol. The summed E-state index contributed by atoms with van der Waals surface area (Å²) in [5, 5.41) is 170. The monoisotopic (exact) mass is 1400 g/mol. The highest BCUT2D eigenvalue weighted by atomic mass is 16.8. The molecule has 0 aliphatic carbocycles. The number of ether oxygens (including phenoxy) is 8. The number of carboxylic acids is 1. The Balaban J connectivity index is 1.46. The summed E-state index contributed by atoms with van der Waals surface area (Å²) in [5.74, 6) is -6.52. The Bertz CT molecular complexity index is 2120. The fourth-order valence-electron chi connectivity index (χ4n) is 13.1. The minimum atomic E-state index is -3.26. The Kier molecular flexibility index (Phi) is 43.1. The van der Waals surface area contributed by atoms with Gasteiger partial charge in [-0.2, -0.15) is 0 Å². The van der Waals surface area contributed by atoms with Crippen LogP contribution in [0.2, 0.25) is 0 Å². The number of allylic oxidation sites excluding steroid dienone is 1. The third-order valence-corrected chi connectivity index (χ3v) is 19.1. The van der Waals surface area contributed by atoms with E-state index in [2.05, 4.69) is 24.5 Å². The minimum absolute atomic E-state index is 0.167. The first-order valence-electron chi connectivity index (χ1n) is 36.6. The van der Waals surface area contributed by atoms with Crippen molar-refractivity contribution in [2.75, 3.05) is 33.0 Å². The molecule has 0 aromatic heterocycles. The van der Waals surface area contributed by atoms with Gasteiger partial charge in [0.2, 0.25) is 11.8 Å². The van der Waals surface area contributed by atoms with E-state index in [9.17, 15) is 91.0 Å². The first-order chi connectivity index (χ1) is 46.6. The standard InChI is InChI=1S/C69H126N2O26/c1-4-6-8-10-12-14-16-18-19-20-21-22-23-25-27-29-31-33-35-37-52(80)71-45(46(77)36-34-32-30-28-26-24-17-15-13-11-9-7-5-2)43-90-65-59(86)57(84)61(50(41-74)92-65)94-67-60(87)64(62(51(42-75)93-67)95-66-58(85)56(83)55(82)49(40-73)91-66)97-69(68(88)89)38-47(78)53(70-44(3)76)63(96-69)54(81)48(79)39-72/h34,36,45-51,53-67,72-75,77-79,81-87H,4-33,35,37-43H2,1-3H3,(H,70,76)(H,71,80)(H,88,89)/b36-34+/t45-,46+,47?,48+,49?,50?,51?,53+,54+,55-,56-,57+,58?,59?,60?,61+,62-,63?,64+,65+,66-,67-,69-/m0/s1. The van der Waals surface area contributed by atoms with Crippen LogP contribution in [-0.4, -0.2) is 268 Å². The Morgan fingerprint density at radius 2 is 0.979 bits per heavy atom. The maximum absolute atomic E-state index is 13.5. The van der Waals surface area contributed by atoms with Crippen LogP contribution in [0.4, 0.5) is 0 Å². The molecule has 4 heterocycles. The Morgan fingerprint density at radius 1 is 0.536 bits per heavy atom. The average Bonchev–Trinajstić information content (AvgIpc) is 0.754. The molecule has 8 unspecified atom stereocenters. The van der Waals surface area contributed by atoms with Crippen molar-refractivity contribution < 1.29 is 129 Å². The maximum atomic E-state index is 13.5. The molecule has 4 saturated heterocycles. The van der Waals surface area contributed by atoms with Crippen molar-refractivity contribution >= 4 is 17.8 Å². The van der Waals surface area contributed by atoms with Crippen LogP contribution >= 0.6 is 0 Å². The number of unbranched alkanes of at least 4 members (excludes halogenated alkanes) is 29. The second-order valence-corrected chi connectivity index (χ2v) is 27.1. The number of carbonyl (C=O) groups is 3. The first-order valence-corrected chi connectivity index (χ1v) is 36.6. The molecule has 17 N–H and O–H groups in total. The number of hydrogen-bond acceptors (Lipinski definition) is 25. The van der Waals surface area contributed by atoms with Crippen LogP contribution in [0.1, 0.15) is 233 Å². The van der Waals surface area contributed by atoms with Gasteiger partial charge in [-0.1, -0.05) is 206 Å². The lowest BCUT2D eigenvalue weighted by Crippen LogP contribution is -2.71. The molecule has 23 atom stereocenters. The molecule has 4 aliphatic rings. The highest BCUT2D eigenvalue weighted by Gasteiger charge is 2.61. The van der Waals surface area contributed by atoms with Crippen LogP contribution in [0.5, 0.6) is 0 Å². The lowest BCUT2D eigenvalue weighted by Gasteiger charge is -2.52. The molecular formula is C69H126N2O26. The lowest BCUT2D eigenvalue weighted by molar-refractivity contribution is -0.404. The van der Waals surface area contributed by atoms with Gasteiger partial charge in [0.05, 0.1) is 57.3 Å². The molecule has 0 aromatic carbocycles. The quantitative estimate of drug-likeness (QED) is 0.0307. The zero-order valence-corrected chi connectivity index (χ0v) is 57.9. The van der Waals surface area contributed by atoms with Gasteiger partial charge in [-0.3, -0.25) is 9.59 Å². The molecule has 2 amide bonds. The summed E-state index contributed by atoms with van der Waals surface area (Å²) in [6, 6.07) is -2.78. The third kappa shape index (κ3) is 29.1. The number of aliphatic hydroxyl groups excluding tert-OH is 14. The first kappa shape index (κ1) is 86.7. The summed E-state index contributed by atoms with van der Waals surface area (Å²) in [7, 11) is 0. The summed E-state index contributed by atoms with van der Waals surface area (Å²) in [5.41, 5.74) is 0. The topological polar surface area (TPSA) is 453 Å². The average molecular weight is 1400 g/mol. The van der Waals surface area contributed by atoms with Crippen LogP contribution in [-0.2, 0) is 52.3 Å². The highest BCUT2D eigenvalue weighted by molar-refractivity contribution is 5.77. The number of carboxylic acid groups (broad SMARTS) is 1. The molecule has 4 aliphatic heterocycles. The molecule has 568 valence electrons. The largest absolute Gasteiger partial charge is 0.477 e. The van der Waals surface area contributed by atoms with Crippen molar-refractivity contribution in [3.63, 3.8) is 0 Å². The molecule has 97 heavy (non-hydrogen) atoms. The molecule has 28 heteroatoms. The van der Waals surface area contributed by atoms with Crippen molar-refractivity contribution in [1.82, 2.24) is 10.6 Å².